The maximum absolute atomic E-state index is 13.6. The van der Waals surface area contributed by atoms with Crippen LogP contribution in [0.4, 0.5) is 0 Å². The summed E-state index contributed by atoms with van der Waals surface area (Å²) in [6, 6.07) is 3.65. The average Bonchev–Trinajstić information content (AvgIpc) is 3.23. The molecule has 0 aliphatic carbocycles. The molecule has 16 nitrogen and oxygen atoms in total. The fraction of sp³-hybridized carbons (Fsp3) is 0.444. The summed E-state index contributed by atoms with van der Waals surface area (Å²) in [6.45, 7) is 0.656. The molecule has 2 aliphatic heterocycles. The topological polar surface area (TPSA) is 269 Å². The summed E-state index contributed by atoms with van der Waals surface area (Å²) in [5, 5.41) is 101. The molecule has 234 valence electrons. The van der Waals surface area contributed by atoms with Gasteiger partial charge in [0.05, 0.1) is 19.3 Å². The number of hydrogen-bond acceptors (Lipinski definition) is 16. The normalized spacial score (nSPS) is 31.0. The lowest BCUT2D eigenvalue weighted by Gasteiger charge is -2.40. The van der Waals surface area contributed by atoms with E-state index in [0.29, 0.717) is 0 Å². The van der Waals surface area contributed by atoms with E-state index < -0.39 is 119 Å². The van der Waals surface area contributed by atoms with Crippen molar-refractivity contribution in [2.75, 3.05) is 13.2 Å². The molecule has 2 saturated heterocycles. The summed E-state index contributed by atoms with van der Waals surface area (Å²) in [6.07, 6.45) is -11.9. The van der Waals surface area contributed by atoms with E-state index in [2.05, 4.69) is 0 Å². The minimum atomic E-state index is -1.97. The summed E-state index contributed by atoms with van der Waals surface area (Å²) in [7, 11) is 0. The fourth-order valence-electron chi connectivity index (χ4n) is 4.98. The number of rotatable bonds is 7. The van der Waals surface area contributed by atoms with Gasteiger partial charge in [0.25, 0.3) is 0 Å². The lowest BCUT2D eigenvalue weighted by atomic mass is 9.99. The number of fused-ring (bicyclic) bond motifs is 1. The largest absolute Gasteiger partial charge is 0.508 e. The standard InChI is InChI=1S/C27H30O16/c1-8-18(33)15(6-28)41-26(8)39-7-16-20(35)22(37)23(38)27(42-16)43-25-21(36)17-11(30)4-10(29)5-14(17)40-24(25)9-2-12(31)19(34)13(32)3-9/h2-5,8,15-16,18,20,22-23,26-35,37-38H,6-7H2,1H3/t8?,15-,16-,18+,20+,22+,23-,26-,27+/m1/s1. The van der Waals surface area contributed by atoms with Gasteiger partial charge in [-0.3, -0.25) is 4.79 Å². The van der Waals surface area contributed by atoms with Crippen LogP contribution >= 0.6 is 0 Å². The van der Waals surface area contributed by atoms with Crippen molar-refractivity contribution in [2.24, 2.45) is 5.92 Å². The van der Waals surface area contributed by atoms with Crippen LogP contribution < -0.4 is 10.2 Å². The molecule has 0 bridgehead atoms. The van der Waals surface area contributed by atoms with Gasteiger partial charge in [0.15, 0.2) is 29.3 Å². The van der Waals surface area contributed by atoms with Crippen LogP contribution in [0.15, 0.2) is 33.5 Å². The van der Waals surface area contributed by atoms with E-state index in [0.717, 1.165) is 24.3 Å². The molecule has 2 aliphatic rings. The zero-order valence-corrected chi connectivity index (χ0v) is 22.3. The van der Waals surface area contributed by atoms with Crippen molar-refractivity contribution in [3.63, 3.8) is 0 Å². The Morgan fingerprint density at radius 1 is 0.791 bits per heavy atom. The van der Waals surface area contributed by atoms with Crippen LogP contribution in [0, 0.1) is 5.92 Å². The molecule has 3 heterocycles. The zero-order valence-electron chi connectivity index (χ0n) is 22.3. The smallest absolute Gasteiger partial charge is 0.239 e. The molecule has 2 aromatic carbocycles. The zero-order chi connectivity index (χ0) is 31.3. The van der Waals surface area contributed by atoms with Crippen molar-refractivity contribution < 1.29 is 74.4 Å². The van der Waals surface area contributed by atoms with Gasteiger partial charge in [0, 0.05) is 23.6 Å². The number of phenolic OH excluding ortho intramolecular Hbond substituents is 5. The molecule has 43 heavy (non-hydrogen) atoms. The average molecular weight is 611 g/mol. The van der Waals surface area contributed by atoms with Crippen LogP contribution in [-0.4, -0.2) is 113 Å². The predicted molar refractivity (Wildman–Crippen MR) is 140 cm³/mol. The molecule has 16 heteroatoms. The number of hydrogen-bond donors (Lipinski definition) is 10. The Bertz CT molecular complexity index is 1530. The highest BCUT2D eigenvalue weighted by atomic mass is 16.7. The summed E-state index contributed by atoms with van der Waals surface area (Å²) in [5.41, 5.74) is -1.65. The maximum atomic E-state index is 13.6. The summed E-state index contributed by atoms with van der Waals surface area (Å²) >= 11 is 0. The second-order valence-electron chi connectivity index (χ2n) is 10.3. The molecular weight excluding hydrogens is 580 g/mol. The van der Waals surface area contributed by atoms with Gasteiger partial charge in [0.1, 0.15) is 53.0 Å². The van der Waals surface area contributed by atoms with Gasteiger partial charge >= 0.3 is 0 Å². The van der Waals surface area contributed by atoms with Crippen LogP contribution in [0.1, 0.15) is 6.92 Å². The van der Waals surface area contributed by atoms with Crippen LogP contribution in [0.5, 0.6) is 34.5 Å². The molecule has 2 fully saturated rings. The van der Waals surface area contributed by atoms with Crippen LogP contribution in [0.25, 0.3) is 22.3 Å². The van der Waals surface area contributed by atoms with Crippen molar-refractivity contribution in [1.82, 2.24) is 0 Å². The highest BCUT2D eigenvalue weighted by Crippen LogP contribution is 2.43. The van der Waals surface area contributed by atoms with Crippen molar-refractivity contribution in [3.05, 3.63) is 34.5 Å². The number of aliphatic hydroxyl groups is 5. The lowest BCUT2D eigenvalue weighted by Crippen LogP contribution is -2.60. The first-order valence-electron chi connectivity index (χ1n) is 13.0. The molecule has 3 aromatic rings. The Morgan fingerprint density at radius 2 is 1.44 bits per heavy atom. The first kappa shape index (κ1) is 30.6. The molecule has 9 atom stereocenters. The summed E-state index contributed by atoms with van der Waals surface area (Å²) < 4.78 is 28.1. The molecule has 0 amide bonds. The van der Waals surface area contributed by atoms with E-state index >= 15 is 0 Å². The van der Waals surface area contributed by atoms with Crippen molar-refractivity contribution >= 4 is 11.0 Å². The highest BCUT2D eigenvalue weighted by Gasteiger charge is 2.47. The number of ether oxygens (including phenoxy) is 4. The number of phenols is 5. The molecule has 10 N–H and O–H groups in total. The van der Waals surface area contributed by atoms with Gasteiger partial charge in [-0.2, -0.15) is 0 Å². The van der Waals surface area contributed by atoms with E-state index in [4.69, 9.17) is 23.4 Å². The lowest BCUT2D eigenvalue weighted by molar-refractivity contribution is -0.289. The Labute approximate surface area is 241 Å². The van der Waals surface area contributed by atoms with Gasteiger partial charge in [-0.1, -0.05) is 6.92 Å². The number of benzene rings is 2. The molecule has 1 unspecified atom stereocenters. The van der Waals surface area contributed by atoms with Crippen LogP contribution in [-0.2, 0) is 14.2 Å². The molecule has 1 aromatic heterocycles. The summed E-state index contributed by atoms with van der Waals surface area (Å²) in [5.74, 6) is -5.56. The SMILES string of the molecule is CC1[C@H](OC[C@H]2O[C@@H](Oc3c(-c4cc(O)c(O)c(O)c4)oc4cc(O)cc(O)c4c3=O)[C@H](O)[C@@H](O)[C@H]2O)O[C@H](CO)[C@H]1O. The Kier molecular flexibility index (Phi) is 8.30. The fourth-order valence-corrected chi connectivity index (χ4v) is 4.98. The molecule has 0 saturated carbocycles. The highest BCUT2D eigenvalue weighted by molar-refractivity contribution is 5.88. The minimum Gasteiger partial charge on any atom is -0.508 e. The van der Waals surface area contributed by atoms with E-state index in [-0.39, 0.29) is 11.1 Å². The van der Waals surface area contributed by atoms with Crippen LogP contribution in [0.2, 0.25) is 0 Å². The van der Waals surface area contributed by atoms with E-state index in [1.54, 1.807) is 6.92 Å². The summed E-state index contributed by atoms with van der Waals surface area (Å²) in [4.78, 5) is 13.6. The monoisotopic (exact) mass is 610 g/mol. The minimum absolute atomic E-state index is 0.236. The van der Waals surface area contributed by atoms with Gasteiger partial charge in [0.2, 0.25) is 17.5 Å². The van der Waals surface area contributed by atoms with Crippen LogP contribution in [0.3, 0.4) is 0 Å². The second-order valence-corrected chi connectivity index (χ2v) is 10.3. The third-order valence-electron chi connectivity index (χ3n) is 7.41. The first-order chi connectivity index (χ1) is 20.3. The maximum Gasteiger partial charge on any atom is 0.239 e. The predicted octanol–water partition coefficient (Wildman–Crippen LogP) is -1.09. The van der Waals surface area contributed by atoms with Gasteiger partial charge in [-0.05, 0) is 12.1 Å². The quantitative estimate of drug-likeness (QED) is 0.142. The third kappa shape index (κ3) is 5.50. The van der Waals surface area contributed by atoms with Gasteiger partial charge in [-0.25, -0.2) is 0 Å². The molecular formula is C27H30O16. The number of aromatic hydroxyl groups is 5. The van der Waals surface area contributed by atoms with Crippen molar-refractivity contribution in [1.29, 1.82) is 0 Å². The Balaban J connectivity index is 1.50. The Hall–Kier alpha value is -3.87. The molecule has 0 radical (unpaired) electrons. The Morgan fingerprint density at radius 3 is 2.07 bits per heavy atom. The van der Waals surface area contributed by atoms with Gasteiger partial charge in [-0.15, -0.1) is 0 Å². The van der Waals surface area contributed by atoms with E-state index in [9.17, 15) is 55.9 Å². The van der Waals surface area contributed by atoms with E-state index in [1.807, 2.05) is 0 Å². The first-order valence-corrected chi connectivity index (χ1v) is 13.0. The molecule has 5 rings (SSSR count). The third-order valence-corrected chi connectivity index (χ3v) is 7.41. The van der Waals surface area contributed by atoms with Crippen molar-refractivity contribution in [3.8, 4) is 45.8 Å². The van der Waals surface area contributed by atoms with Gasteiger partial charge < -0.3 is 74.4 Å². The number of aliphatic hydroxyl groups excluding tert-OH is 5. The van der Waals surface area contributed by atoms with E-state index in [1.165, 1.54) is 0 Å². The van der Waals surface area contributed by atoms with Crippen molar-refractivity contribution in [2.45, 2.75) is 56.1 Å². The molecule has 0 spiro atoms. The second kappa shape index (κ2) is 11.7.